The summed E-state index contributed by atoms with van der Waals surface area (Å²) < 4.78 is 1.98. The van der Waals surface area contributed by atoms with Gasteiger partial charge in [0.25, 0.3) is 0 Å². The standard InChI is InChI=1S/C12H18N4O/c17-8-12-10-3-6-14-7-11(10)15-16(12)9-1-4-13-5-2-9/h8-9,13-14H,1-7H2. The zero-order valence-electron chi connectivity index (χ0n) is 9.91. The Morgan fingerprint density at radius 3 is 2.82 bits per heavy atom. The van der Waals surface area contributed by atoms with E-state index < -0.39 is 0 Å². The van der Waals surface area contributed by atoms with Gasteiger partial charge in [0.1, 0.15) is 5.69 Å². The van der Waals surface area contributed by atoms with Crippen LogP contribution in [0, 0.1) is 0 Å². The molecule has 2 aliphatic heterocycles. The summed E-state index contributed by atoms with van der Waals surface area (Å²) in [7, 11) is 0. The Morgan fingerprint density at radius 2 is 2.06 bits per heavy atom. The van der Waals surface area contributed by atoms with Gasteiger partial charge >= 0.3 is 0 Å². The second-order valence-electron chi connectivity index (χ2n) is 4.78. The van der Waals surface area contributed by atoms with E-state index in [1.165, 1.54) is 0 Å². The molecule has 17 heavy (non-hydrogen) atoms. The van der Waals surface area contributed by atoms with Crippen molar-refractivity contribution >= 4 is 6.29 Å². The zero-order chi connectivity index (χ0) is 11.7. The minimum absolute atomic E-state index is 0.391. The average molecular weight is 234 g/mol. The van der Waals surface area contributed by atoms with Crippen LogP contribution >= 0.6 is 0 Å². The van der Waals surface area contributed by atoms with Crippen molar-refractivity contribution in [2.24, 2.45) is 0 Å². The molecule has 0 aromatic carbocycles. The molecule has 0 aliphatic carbocycles. The van der Waals surface area contributed by atoms with Crippen LogP contribution in [0.3, 0.4) is 0 Å². The Balaban J connectivity index is 1.97. The Hall–Kier alpha value is -1.20. The van der Waals surface area contributed by atoms with Crippen LogP contribution in [-0.2, 0) is 13.0 Å². The highest BCUT2D eigenvalue weighted by atomic mass is 16.1. The molecule has 0 spiro atoms. The van der Waals surface area contributed by atoms with Gasteiger partial charge in [-0.15, -0.1) is 0 Å². The van der Waals surface area contributed by atoms with Crippen LogP contribution in [0.1, 0.15) is 40.6 Å². The van der Waals surface area contributed by atoms with Crippen LogP contribution in [0.25, 0.3) is 0 Å². The zero-order valence-corrected chi connectivity index (χ0v) is 9.91. The monoisotopic (exact) mass is 234 g/mol. The summed E-state index contributed by atoms with van der Waals surface area (Å²) in [6, 6.07) is 0.391. The maximum absolute atomic E-state index is 11.3. The van der Waals surface area contributed by atoms with Crippen LogP contribution in [0.15, 0.2) is 0 Å². The topological polar surface area (TPSA) is 59.0 Å². The number of rotatable bonds is 2. The third-order valence-electron chi connectivity index (χ3n) is 3.74. The van der Waals surface area contributed by atoms with Crippen molar-refractivity contribution in [3.8, 4) is 0 Å². The molecular formula is C12H18N4O. The van der Waals surface area contributed by atoms with E-state index in [4.69, 9.17) is 0 Å². The third-order valence-corrected chi connectivity index (χ3v) is 3.74. The van der Waals surface area contributed by atoms with Gasteiger partial charge < -0.3 is 10.6 Å². The van der Waals surface area contributed by atoms with Crippen molar-refractivity contribution in [1.82, 2.24) is 20.4 Å². The average Bonchev–Trinajstić information content (AvgIpc) is 2.78. The van der Waals surface area contributed by atoms with Crippen LogP contribution in [-0.4, -0.2) is 35.7 Å². The quantitative estimate of drug-likeness (QED) is 0.721. The molecule has 0 unspecified atom stereocenters. The molecule has 1 fully saturated rings. The molecule has 5 heteroatoms. The van der Waals surface area contributed by atoms with Crippen molar-refractivity contribution in [1.29, 1.82) is 0 Å². The van der Waals surface area contributed by atoms with Gasteiger partial charge in [0.2, 0.25) is 0 Å². The van der Waals surface area contributed by atoms with Gasteiger partial charge in [-0.25, -0.2) is 0 Å². The summed E-state index contributed by atoms with van der Waals surface area (Å²) >= 11 is 0. The fraction of sp³-hybridized carbons (Fsp3) is 0.667. The minimum Gasteiger partial charge on any atom is -0.317 e. The van der Waals surface area contributed by atoms with Gasteiger partial charge in [-0.2, -0.15) is 5.10 Å². The van der Waals surface area contributed by atoms with Crippen LogP contribution in [0.5, 0.6) is 0 Å². The predicted octanol–water partition coefficient (Wildman–Crippen LogP) is 0.266. The first-order chi connectivity index (χ1) is 8.40. The fourth-order valence-electron chi connectivity index (χ4n) is 2.82. The van der Waals surface area contributed by atoms with Crippen molar-refractivity contribution in [2.45, 2.75) is 31.8 Å². The highest BCUT2D eigenvalue weighted by molar-refractivity contribution is 5.75. The largest absolute Gasteiger partial charge is 0.317 e. The van der Waals surface area contributed by atoms with E-state index in [0.717, 1.165) is 68.7 Å². The lowest BCUT2D eigenvalue weighted by Gasteiger charge is -2.23. The van der Waals surface area contributed by atoms with Crippen molar-refractivity contribution in [2.75, 3.05) is 19.6 Å². The Labute approximate surface area is 101 Å². The van der Waals surface area contributed by atoms with Crippen molar-refractivity contribution in [3.05, 3.63) is 17.0 Å². The summed E-state index contributed by atoms with van der Waals surface area (Å²) in [6.45, 7) is 3.79. The molecule has 2 N–H and O–H groups in total. The van der Waals surface area contributed by atoms with E-state index in [2.05, 4.69) is 15.7 Å². The van der Waals surface area contributed by atoms with Crippen molar-refractivity contribution < 1.29 is 4.79 Å². The molecule has 0 atom stereocenters. The van der Waals surface area contributed by atoms with E-state index in [0.29, 0.717) is 6.04 Å². The van der Waals surface area contributed by atoms with Gasteiger partial charge in [0.05, 0.1) is 11.7 Å². The fourth-order valence-corrected chi connectivity index (χ4v) is 2.82. The molecular weight excluding hydrogens is 216 g/mol. The molecule has 0 saturated carbocycles. The number of aromatic nitrogens is 2. The highest BCUT2D eigenvalue weighted by Crippen LogP contribution is 2.24. The first-order valence-electron chi connectivity index (χ1n) is 6.37. The number of nitrogens with one attached hydrogen (secondary N) is 2. The van der Waals surface area contributed by atoms with E-state index in [-0.39, 0.29) is 0 Å². The van der Waals surface area contributed by atoms with Crippen LogP contribution in [0.4, 0.5) is 0 Å². The molecule has 0 amide bonds. The van der Waals surface area contributed by atoms with E-state index >= 15 is 0 Å². The molecule has 1 aromatic rings. The molecule has 3 heterocycles. The molecule has 0 radical (unpaired) electrons. The molecule has 5 nitrogen and oxygen atoms in total. The Kier molecular flexibility index (Phi) is 2.94. The predicted molar refractivity (Wildman–Crippen MR) is 64.2 cm³/mol. The highest BCUT2D eigenvalue weighted by Gasteiger charge is 2.25. The minimum atomic E-state index is 0.391. The number of carbonyl (C=O) groups is 1. The van der Waals surface area contributed by atoms with E-state index in [1.807, 2.05) is 4.68 Å². The first-order valence-corrected chi connectivity index (χ1v) is 6.37. The summed E-state index contributed by atoms with van der Waals surface area (Å²) in [5.74, 6) is 0. The smallest absolute Gasteiger partial charge is 0.168 e. The lowest BCUT2D eigenvalue weighted by Crippen LogP contribution is -2.30. The molecule has 1 saturated heterocycles. The maximum Gasteiger partial charge on any atom is 0.168 e. The van der Waals surface area contributed by atoms with E-state index in [1.54, 1.807) is 0 Å². The Morgan fingerprint density at radius 1 is 1.24 bits per heavy atom. The van der Waals surface area contributed by atoms with Gasteiger partial charge in [0, 0.05) is 12.1 Å². The molecule has 0 bridgehead atoms. The van der Waals surface area contributed by atoms with Gasteiger partial charge in [0.15, 0.2) is 6.29 Å². The molecule has 2 aliphatic rings. The van der Waals surface area contributed by atoms with E-state index in [9.17, 15) is 4.79 Å². The van der Waals surface area contributed by atoms with Crippen molar-refractivity contribution in [3.63, 3.8) is 0 Å². The first kappa shape index (κ1) is 10.9. The number of carbonyl (C=O) groups excluding carboxylic acids is 1. The van der Waals surface area contributed by atoms with Crippen LogP contribution < -0.4 is 10.6 Å². The van der Waals surface area contributed by atoms with Gasteiger partial charge in [-0.3, -0.25) is 9.48 Å². The number of aldehydes is 1. The van der Waals surface area contributed by atoms with Gasteiger partial charge in [-0.1, -0.05) is 0 Å². The molecule has 92 valence electrons. The summed E-state index contributed by atoms with van der Waals surface area (Å²) in [6.07, 6.45) is 4.04. The summed E-state index contributed by atoms with van der Waals surface area (Å²) in [5, 5.41) is 11.3. The second kappa shape index (κ2) is 4.58. The molecule has 3 rings (SSSR count). The summed E-state index contributed by atoms with van der Waals surface area (Å²) in [5.41, 5.74) is 3.04. The maximum atomic E-state index is 11.3. The number of piperidine rings is 1. The Bertz CT molecular complexity index is 420. The van der Waals surface area contributed by atoms with Crippen LogP contribution in [0.2, 0.25) is 0 Å². The second-order valence-corrected chi connectivity index (χ2v) is 4.78. The number of fused-ring (bicyclic) bond motifs is 1. The third kappa shape index (κ3) is 1.89. The lowest BCUT2D eigenvalue weighted by molar-refractivity contribution is 0.110. The normalized spacial score (nSPS) is 21.2. The number of hydrogen-bond acceptors (Lipinski definition) is 4. The molecule has 1 aromatic heterocycles. The lowest BCUT2D eigenvalue weighted by atomic mass is 10.0. The number of nitrogens with zero attached hydrogens (tertiary/aromatic N) is 2. The number of hydrogen-bond donors (Lipinski definition) is 2. The van der Waals surface area contributed by atoms with Gasteiger partial charge in [-0.05, 0) is 38.9 Å². The summed E-state index contributed by atoms with van der Waals surface area (Å²) in [4.78, 5) is 11.3. The SMILES string of the molecule is O=Cc1c2c(nn1C1CCNCC1)CNCC2.